The van der Waals surface area contributed by atoms with Gasteiger partial charge < -0.3 is 34.6 Å². The van der Waals surface area contributed by atoms with Gasteiger partial charge in [0.25, 0.3) is 0 Å². The van der Waals surface area contributed by atoms with Crippen molar-refractivity contribution in [3.8, 4) is 0 Å². The van der Waals surface area contributed by atoms with Crippen LogP contribution >= 0.6 is 7.60 Å². The highest BCUT2D eigenvalue weighted by Crippen LogP contribution is 2.45. The average molecular weight is 334 g/mol. The van der Waals surface area contributed by atoms with Crippen molar-refractivity contribution in [2.45, 2.75) is 30.6 Å². The van der Waals surface area contributed by atoms with Crippen molar-refractivity contribution in [2.24, 2.45) is 0 Å². The quantitative estimate of drug-likeness (QED) is 0.287. The van der Waals surface area contributed by atoms with E-state index in [-0.39, 0.29) is 12.4 Å². The number of benzene rings is 1. The third-order valence-corrected chi connectivity index (χ3v) is 4.22. The normalized spacial score (nSPS) is 19.7. The van der Waals surface area contributed by atoms with Crippen LogP contribution in [0.15, 0.2) is 30.3 Å². The Balaban J connectivity index is 2.53. The van der Waals surface area contributed by atoms with Gasteiger partial charge in [-0.15, -0.1) is 0 Å². The van der Waals surface area contributed by atoms with Crippen molar-refractivity contribution >= 4 is 13.9 Å². The molecule has 0 aliphatic carbocycles. The van der Waals surface area contributed by atoms with Gasteiger partial charge in [0.1, 0.15) is 24.4 Å². The van der Waals surface area contributed by atoms with E-state index in [9.17, 15) is 29.6 Å². The summed E-state index contributed by atoms with van der Waals surface area (Å²) in [5, 5.41) is 37.4. The molecule has 5 N–H and O–H groups in total. The lowest BCUT2D eigenvalue weighted by Crippen LogP contribution is -2.46. The zero-order valence-corrected chi connectivity index (χ0v) is 12.5. The zero-order chi connectivity index (χ0) is 16.8. The van der Waals surface area contributed by atoms with E-state index in [1.807, 2.05) is 0 Å². The predicted octanol–water partition coefficient (Wildman–Crippen LogP) is -0.969. The van der Waals surface area contributed by atoms with Gasteiger partial charge in [-0.3, -0.25) is 4.57 Å². The van der Waals surface area contributed by atoms with E-state index >= 15 is 0 Å². The molecule has 9 heteroatoms. The molecule has 5 unspecified atom stereocenters. The minimum absolute atomic E-state index is 0.00615. The second-order valence-corrected chi connectivity index (χ2v) is 6.60. The Morgan fingerprint density at radius 3 is 2.23 bits per heavy atom. The van der Waals surface area contributed by atoms with Crippen molar-refractivity contribution < 1.29 is 39.2 Å². The molecule has 0 amide bonds. The minimum Gasteiger partial charge on any atom is -0.388 e. The highest BCUT2D eigenvalue weighted by atomic mass is 31.2. The monoisotopic (exact) mass is 334 g/mol. The number of carbonyl (C=O) groups is 1. The average Bonchev–Trinajstić information content (AvgIpc) is 2.51. The lowest BCUT2D eigenvalue weighted by molar-refractivity contribution is -0.135. The molecule has 0 spiro atoms. The summed E-state index contributed by atoms with van der Waals surface area (Å²) < 4.78 is 16.5. The van der Waals surface area contributed by atoms with E-state index in [2.05, 4.69) is 0 Å². The molecule has 1 aromatic rings. The highest BCUT2D eigenvalue weighted by molar-refractivity contribution is 7.51. The summed E-state index contributed by atoms with van der Waals surface area (Å²) in [6, 6.07) is 8.37. The molecule has 0 saturated carbocycles. The number of carbonyl (C=O) groups excluding carboxylic acids is 1. The number of hydrogen-bond donors (Lipinski definition) is 5. The van der Waals surface area contributed by atoms with Crippen LogP contribution < -0.4 is 0 Å². The van der Waals surface area contributed by atoms with Gasteiger partial charge in [0.2, 0.25) is 0 Å². The lowest BCUT2D eigenvalue weighted by Gasteiger charge is -2.24. The van der Waals surface area contributed by atoms with E-state index in [1.165, 1.54) is 0 Å². The molecule has 0 aliphatic rings. The van der Waals surface area contributed by atoms with Gasteiger partial charge in [-0.2, -0.15) is 0 Å². The van der Waals surface area contributed by atoms with Crippen molar-refractivity contribution in [2.75, 3.05) is 6.61 Å². The van der Waals surface area contributed by atoms with Gasteiger partial charge in [0.05, 0.1) is 12.8 Å². The number of aliphatic hydroxyl groups is 4. The van der Waals surface area contributed by atoms with Crippen LogP contribution in [0.2, 0.25) is 0 Å². The first-order valence-electron chi connectivity index (χ1n) is 6.44. The first kappa shape index (κ1) is 18.9. The van der Waals surface area contributed by atoms with Crippen LogP contribution in [-0.4, -0.2) is 62.6 Å². The summed E-state index contributed by atoms with van der Waals surface area (Å²) in [6.45, 7) is -0.746. The third-order valence-electron chi connectivity index (χ3n) is 2.91. The summed E-state index contributed by atoms with van der Waals surface area (Å²) in [5.74, 6) is 0. The Morgan fingerprint density at radius 2 is 1.68 bits per heavy atom. The molecule has 8 nitrogen and oxygen atoms in total. The van der Waals surface area contributed by atoms with Crippen molar-refractivity contribution in [3.63, 3.8) is 0 Å². The standard InChI is InChI=1S/C13H19O8P/c14-6-10(15)12(17)13(18)11(16)7-21-22(19,20)8-9-4-2-1-3-5-9/h1-6,10-13,15-18H,7-8H2,(H,19,20). The Labute approximate surface area is 127 Å². The van der Waals surface area contributed by atoms with Gasteiger partial charge >= 0.3 is 7.60 Å². The van der Waals surface area contributed by atoms with Crippen molar-refractivity contribution in [3.05, 3.63) is 35.9 Å². The highest BCUT2D eigenvalue weighted by Gasteiger charge is 2.32. The molecule has 0 aromatic heterocycles. The van der Waals surface area contributed by atoms with E-state index < -0.39 is 38.6 Å². The fourth-order valence-corrected chi connectivity index (χ4v) is 2.81. The predicted molar refractivity (Wildman–Crippen MR) is 76.0 cm³/mol. The molecule has 0 fully saturated rings. The van der Waals surface area contributed by atoms with Crippen LogP contribution in [0.25, 0.3) is 0 Å². The first-order valence-corrected chi connectivity index (χ1v) is 8.21. The van der Waals surface area contributed by atoms with E-state index in [0.717, 1.165) is 0 Å². The summed E-state index contributed by atoms with van der Waals surface area (Å²) in [5.41, 5.74) is 0.555. The van der Waals surface area contributed by atoms with Crippen LogP contribution in [0.3, 0.4) is 0 Å². The summed E-state index contributed by atoms with van der Waals surface area (Å²) in [7, 11) is -4.05. The lowest BCUT2D eigenvalue weighted by atomic mass is 10.0. The molecule has 1 aromatic carbocycles. The molecule has 124 valence electrons. The zero-order valence-electron chi connectivity index (χ0n) is 11.6. The van der Waals surface area contributed by atoms with Gasteiger partial charge in [-0.25, -0.2) is 0 Å². The molecular weight excluding hydrogens is 315 g/mol. The van der Waals surface area contributed by atoms with Crippen LogP contribution in [0.1, 0.15) is 5.56 Å². The summed E-state index contributed by atoms with van der Waals surface area (Å²) in [4.78, 5) is 19.9. The van der Waals surface area contributed by atoms with Crippen LogP contribution in [0, 0.1) is 0 Å². The molecule has 0 saturated heterocycles. The van der Waals surface area contributed by atoms with E-state index in [1.54, 1.807) is 30.3 Å². The van der Waals surface area contributed by atoms with E-state index in [4.69, 9.17) is 9.63 Å². The maximum atomic E-state index is 11.8. The van der Waals surface area contributed by atoms with E-state index in [0.29, 0.717) is 5.56 Å². The fraction of sp³-hybridized carbons (Fsp3) is 0.462. The molecule has 5 atom stereocenters. The minimum atomic E-state index is -4.05. The Kier molecular flexibility index (Phi) is 7.31. The van der Waals surface area contributed by atoms with Gasteiger partial charge in [0, 0.05) is 0 Å². The smallest absolute Gasteiger partial charge is 0.332 e. The third kappa shape index (κ3) is 5.94. The fourth-order valence-electron chi connectivity index (χ4n) is 1.66. The summed E-state index contributed by atoms with van der Waals surface area (Å²) in [6.07, 6.45) is -7.75. The SMILES string of the molecule is O=CC(O)C(O)C(O)C(O)COP(=O)(O)Cc1ccccc1. The van der Waals surface area contributed by atoms with Crippen LogP contribution in [-0.2, 0) is 20.0 Å². The summed E-state index contributed by atoms with van der Waals surface area (Å²) >= 11 is 0. The Hall–Kier alpha value is -1.12. The second kappa shape index (κ2) is 8.50. The largest absolute Gasteiger partial charge is 0.388 e. The van der Waals surface area contributed by atoms with Gasteiger partial charge in [0.15, 0.2) is 6.29 Å². The molecule has 0 aliphatic heterocycles. The maximum absolute atomic E-state index is 11.8. The van der Waals surface area contributed by atoms with Crippen LogP contribution in [0.4, 0.5) is 0 Å². The van der Waals surface area contributed by atoms with Gasteiger partial charge in [-0.05, 0) is 5.56 Å². The molecular formula is C13H19O8P. The second-order valence-electron chi connectivity index (χ2n) is 4.75. The molecule has 22 heavy (non-hydrogen) atoms. The number of aldehydes is 1. The van der Waals surface area contributed by atoms with Crippen molar-refractivity contribution in [1.82, 2.24) is 0 Å². The Bertz CT molecular complexity index is 508. The Morgan fingerprint density at radius 1 is 1.09 bits per heavy atom. The molecule has 1 rings (SSSR count). The van der Waals surface area contributed by atoms with Crippen molar-refractivity contribution in [1.29, 1.82) is 0 Å². The van der Waals surface area contributed by atoms with Crippen LogP contribution in [0.5, 0.6) is 0 Å². The molecule has 0 bridgehead atoms. The number of rotatable bonds is 9. The van der Waals surface area contributed by atoms with Gasteiger partial charge in [-0.1, -0.05) is 30.3 Å². The topological polar surface area (TPSA) is 145 Å². The number of hydrogen-bond acceptors (Lipinski definition) is 7. The number of aliphatic hydroxyl groups excluding tert-OH is 4. The molecule has 0 heterocycles. The molecule has 0 radical (unpaired) electrons. The first-order chi connectivity index (χ1) is 10.3. The maximum Gasteiger partial charge on any atom is 0.332 e.